The molecule has 0 amide bonds. The van der Waals surface area contributed by atoms with Crippen molar-refractivity contribution in [2.45, 2.75) is 65.8 Å². The van der Waals surface area contributed by atoms with Crippen LogP contribution < -0.4 is 4.90 Å². The summed E-state index contributed by atoms with van der Waals surface area (Å²) >= 11 is 0. The van der Waals surface area contributed by atoms with Crippen molar-refractivity contribution >= 4 is 33.2 Å². The summed E-state index contributed by atoms with van der Waals surface area (Å²) in [6.07, 6.45) is 0.890. The first-order valence-electron chi connectivity index (χ1n) is 15.1. The van der Waals surface area contributed by atoms with Gasteiger partial charge in [-0.3, -0.25) is 0 Å². The van der Waals surface area contributed by atoms with Crippen molar-refractivity contribution in [3.05, 3.63) is 138 Å². The molecule has 0 aliphatic heterocycles. The lowest BCUT2D eigenvalue weighted by molar-refractivity contribution is 0.560. The highest BCUT2D eigenvalue weighted by molar-refractivity contribution is 6.09. The Bertz CT molecular complexity index is 1840. The molecular weight excluding hydrogens is 508 g/mol. The maximum absolute atomic E-state index is 2.42. The molecule has 2 heteroatoms. The average Bonchev–Trinajstić information content (AvgIpc) is 3.28. The van der Waals surface area contributed by atoms with Gasteiger partial charge in [0.2, 0.25) is 0 Å². The maximum atomic E-state index is 2.42. The predicted molar refractivity (Wildman–Crippen MR) is 182 cm³/mol. The van der Waals surface area contributed by atoms with Crippen LogP contribution in [0.3, 0.4) is 0 Å². The van der Waals surface area contributed by atoms with Gasteiger partial charge in [0.05, 0.1) is 11.0 Å². The number of nitrogens with zero attached hydrogens (tertiary/aromatic N) is 2. The SMILES string of the molecule is Cc1ccc(N(c2ccc(Cc3ccc4c5ccccc5n(-c5ccc(C(C)(C)C)cc5)c4c3)cc2)C(C)(C)C)cc1. The minimum absolute atomic E-state index is 0.0414. The first-order valence-corrected chi connectivity index (χ1v) is 15.1. The zero-order valence-corrected chi connectivity index (χ0v) is 26.1. The van der Waals surface area contributed by atoms with Gasteiger partial charge in [-0.25, -0.2) is 0 Å². The smallest absolute Gasteiger partial charge is 0.0543 e. The molecular formula is C40H42N2. The molecule has 0 unspecified atom stereocenters. The van der Waals surface area contributed by atoms with Crippen molar-refractivity contribution in [2.75, 3.05) is 4.90 Å². The van der Waals surface area contributed by atoms with Crippen LogP contribution in [-0.2, 0) is 11.8 Å². The minimum Gasteiger partial charge on any atom is -0.336 e. The number of aromatic nitrogens is 1. The Balaban J connectivity index is 1.35. The van der Waals surface area contributed by atoms with Crippen molar-refractivity contribution in [2.24, 2.45) is 0 Å². The molecule has 212 valence electrons. The Labute approximate surface area is 251 Å². The molecule has 5 aromatic carbocycles. The van der Waals surface area contributed by atoms with E-state index in [1.807, 2.05) is 0 Å². The zero-order chi connectivity index (χ0) is 29.6. The average molecular weight is 551 g/mol. The lowest BCUT2D eigenvalue weighted by Crippen LogP contribution is -2.37. The molecule has 0 atom stereocenters. The van der Waals surface area contributed by atoms with Crippen LogP contribution in [0.25, 0.3) is 27.5 Å². The fraction of sp³-hybridized carbons (Fsp3) is 0.250. The summed E-state index contributed by atoms with van der Waals surface area (Å²) in [5.74, 6) is 0. The van der Waals surface area contributed by atoms with Crippen LogP contribution in [0.5, 0.6) is 0 Å². The Kier molecular flexibility index (Phi) is 6.97. The highest BCUT2D eigenvalue weighted by atomic mass is 15.2. The lowest BCUT2D eigenvalue weighted by Gasteiger charge is -2.38. The van der Waals surface area contributed by atoms with Gasteiger partial charge in [0, 0.05) is 33.4 Å². The second kappa shape index (κ2) is 10.5. The molecule has 6 aromatic rings. The molecule has 0 saturated carbocycles. The van der Waals surface area contributed by atoms with Gasteiger partial charge in [0.1, 0.15) is 0 Å². The number of hydrogen-bond donors (Lipinski definition) is 0. The molecule has 0 fully saturated rings. The molecule has 0 radical (unpaired) electrons. The number of hydrogen-bond acceptors (Lipinski definition) is 1. The molecule has 0 aliphatic rings. The van der Waals surface area contributed by atoms with E-state index in [1.54, 1.807) is 0 Å². The first-order chi connectivity index (χ1) is 20.0. The number of rotatable bonds is 5. The number of anilines is 2. The summed E-state index contributed by atoms with van der Waals surface area (Å²) < 4.78 is 2.42. The number of para-hydroxylation sites is 1. The van der Waals surface area contributed by atoms with Crippen molar-refractivity contribution in [1.82, 2.24) is 4.57 Å². The molecule has 0 spiro atoms. The van der Waals surface area contributed by atoms with Gasteiger partial charge < -0.3 is 9.47 Å². The molecule has 2 nitrogen and oxygen atoms in total. The van der Waals surface area contributed by atoms with Crippen molar-refractivity contribution in [3.8, 4) is 5.69 Å². The third-order valence-corrected chi connectivity index (χ3v) is 8.30. The van der Waals surface area contributed by atoms with Crippen molar-refractivity contribution in [1.29, 1.82) is 0 Å². The van der Waals surface area contributed by atoms with E-state index in [0.717, 1.165) is 6.42 Å². The van der Waals surface area contributed by atoms with E-state index >= 15 is 0 Å². The summed E-state index contributed by atoms with van der Waals surface area (Å²) in [6, 6.07) is 42.8. The minimum atomic E-state index is -0.0414. The summed E-state index contributed by atoms with van der Waals surface area (Å²) in [7, 11) is 0. The van der Waals surface area contributed by atoms with Gasteiger partial charge in [-0.1, -0.05) is 93.1 Å². The lowest BCUT2D eigenvalue weighted by atomic mass is 9.87. The third-order valence-electron chi connectivity index (χ3n) is 8.30. The second-order valence-corrected chi connectivity index (χ2v) is 13.7. The van der Waals surface area contributed by atoms with Gasteiger partial charge in [0.15, 0.2) is 0 Å². The van der Waals surface area contributed by atoms with Crippen LogP contribution in [0.15, 0.2) is 115 Å². The van der Waals surface area contributed by atoms with Crippen LogP contribution in [0.4, 0.5) is 11.4 Å². The van der Waals surface area contributed by atoms with Crippen LogP contribution in [0.1, 0.15) is 63.8 Å². The second-order valence-electron chi connectivity index (χ2n) is 13.7. The Hall–Kier alpha value is -4.30. The number of fused-ring (bicyclic) bond motifs is 3. The number of benzene rings is 5. The Morgan fingerprint density at radius 1 is 0.571 bits per heavy atom. The molecule has 0 saturated heterocycles. The summed E-state index contributed by atoms with van der Waals surface area (Å²) in [5.41, 5.74) is 11.5. The summed E-state index contributed by atoms with van der Waals surface area (Å²) in [4.78, 5) is 2.42. The summed E-state index contributed by atoms with van der Waals surface area (Å²) in [5, 5.41) is 2.59. The van der Waals surface area contributed by atoms with Gasteiger partial charge in [-0.15, -0.1) is 0 Å². The third kappa shape index (κ3) is 5.34. The largest absolute Gasteiger partial charge is 0.336 e. The van der Waals surface area contributed by atoms with Crippen LogP contribution in [0.2, 0.25) is 0 Å². The molecule has 42 heavy (non-hydrogen) atoms. The fourth-order valence-electron chi connectivity index (χ4n) is 6.13. The molecule has 0 bridgehead atoms. The quantitative estimate of drug-likeness (QED) is 0.207. The van der Waals surface area contributed by atoms with Crippen LogP contribution >= 0.6 is 0 Å². The van der Waals surface area contributed by atoms with Crippen LogP contribution in [-0.4, -0.2) is 10.1 Å². The van der Waals surface area contributed by atoms with E-state index in [-0.39, 0.29) is 11.0 Å². The van der Waals surface area contributed by atoms with E-state index in [9.17, 15) is 0 Å². The summed E-state index contributed by atoms with van der Waals surface area (Å²) in [6.45, 7) is 15.8. The zero-order valence-electron chi connectivity index (χ0n) is 26.1. The maximum Gasteiger partial charge on any atom is 0.0543 e. The Morgan fingerprint density at radius 3 is 1.76 bits per heavy atom. The van der Waals surface area contributed by atoms with Gasteiger partial charge in [-0.2, -0.15) is 0 Å². The molecule has 0 aliphatic carbocycles. The molecule has 1 aromatic heterocycles. The standard InChI is InChI=1S/C40H42N2/c1-28-12-19-33(20-13-28)42(40(5,6)7)34-21-14-29(15-22-34)26-30-16-25-36-35-10-8-9-11-37(35)41(38(36)27-30)32-23-17-31(18-24-32)39(2,3)4/h8-25,27H,26H2,1-7H3. The normalized spacial score (nSPS) is 12.3. The molecule has 6 rings (SSSR count). The van der Waals surface area contributed by atoms with Gasteiger partial charge in [0.25, 0.3) is 0 Å². The van der Waals surface area contributed by atoms with E-state index in [4.69, 9.17) is 0 Å². The number of aryl methyl sites for hydroxylation is 1. The fourth-order valence-corrected chi connectivity index (χ4v) is 6.13. The van der Waals surface area contributed by atoms with Gasteiger partial charge >= 0.3 is 0 Å². The topological polar surface area (TPSA) is 8.17 Å². The van der Waals surface area contributed by atoms with E-state index in [2.05, 4.69) is 173 Å². The van der Waals surface area contributed by atoms with Gasteiger partial charge in [-0.05, 0) is 105 Å². The predicted octanol–water partition coefficient (Wildman–Crippen LogP) is 10.9. The monoisotopic (exact) mass is 550 g/mol. The van der Waals surface area contributed by atoms with Crippen molar-refractivity contribution < 1.29 is 0 Å². The van der Waals surface area contributed by atoms with Crippen molar-refractivity contribution in [3.63, 3.8) is 0 Å². The highest BCUT2D eigenvalue weighted by Crippen LogP contribution is 2.36. The van der Waals surface area contributed by atoms with Crippen LogP contribution in [0, 0.1) is 6.92 Å². The van der Waals surface area contributed by atoms with E-state index in [1.165, 1.54) is 61.1 Å². The first kappa shape index (κ1) is 27.8. The van der Waals surface area contributed by atoms with E-state index in [0.29, 0.717) is 0 Å². The molecule has 1 heterocycles. The van der Waals surface area contributed by atoms with E-state index < -0.39 is 0 Å². The highest BCUT2D eigenvalue weighted by Gasteiger charge is 2.23. The Morgan fingerprint density at radius 2 is 1.14 bits per heavy atom. The molecule has 0 N–H and O–H groups in total.